The number of rotatable bonds is 7. The van der Waals surface area contributed by atoms with Gasteiger partial charge < -0.3 is 11.1 Å². The minimum Gasteiger partial charge on any atom is -0.350 e. The van der Waals surface area contributed by atoms with Crippen molar-refractivity contribution in [3.8, 4) is 0 Å². The second kappa shape index (κ2) is 7.53. The first-order valence-corrected chi connectivity index (χ1v) is 8.46. The molecule has 5 N–H and O–H groups in total. The van der Waals surface area contributed by atoms with E-state index >= 15 is 0 Å². The van der Waals surface area contributed by atoms with Gasteiger partial charge in [-0.1, -0.05) is 25.5 Å². The first-order valence-electron chi connectivity index (χ1n) is 6.91. The van der Waals surface area contributed by atoms with Crippen LogP contribution in [0.2, 0.25) is 0 Å². The predicted octanol–water partition coefficient (Wildman–Crippen LogP) is 1.03. The molecule has 0 saturated heterocycles. The van der Waals surface area contributed by atoms with Crippen LogP contribution in [0.3, 0.4) is 0 Å². The maximum atomic E-state index is 11.8. The monoisotopic (exact) mass is 313 g/mol. The lowest BCUT2D eigenvalue weighted by Gasteiger charge is -2.16. The summed E-state index contributed by atoms with van der Waals surface area (Å²) in [6, 6.07) is 5.77. The van der Waals surface area contributed by atoms with Crippen molar-refractivity contribution in [1.82, 2.24) is 5.32 Å². The highest BCUT2D eigenvalue weighted by atomic mass is 32.2. The van der Waals surface area contributed by atoms with E-state index in [1.54, 1.807) is 12.1 Å². The van der Waals surface area contributed by atoms with E-state index in [0.29, 0.717) is 0 Å². The van der Waals surface area contributed by atoms with Gasteiger partial charge in [0.2, 0.25) is 15.9 Å². The molecule has 1 amide bonds. The minimum absolute atomic E-state index is 0.0507. The number of benzene rings is 1. The van der Waals surface area contributed by atoms with Crippen LogP contribution in [0.25, 0.3) is 0 Å². The Bertz CT molecular complexity index is 570. The Balaban J connectivity index is 2.63. The van der Waals surface area contributed by atoms with Gasteiger partial charge in [0, 0.05) is 12.5 Å². The van der Waals surface area contributed by atoms with Crippen molar-refractivity contribution in [2.75, 3.05) is 0 Å². The van der Waals surface area contributed by atoms with Gasteiger partial charge in [-0.25, -0.2) is 13.6 Å². The van der Waals surface area contributed by atoms with Crippen LogP contribution in [0.15, 0.2) is 29.2 Å². The Labute approximate surface area is 126 Å². The molecule has 2 atom stereocenters. The van der Waals surface area contributed by atoms with Crippen LogP contribution in [0.5, 0.6) is 0 Å². The summed E-state index contributed by atoms with van der Waals surface area (Å²) in [6.45, 7) is 3.85. The third-order valence-corrected chi connectivity index (χ3v) is 4.12. The second-order valence-electron chi connectivity index (χ2n) is 5.16. The average Bonchev–Trinajstić information content (AvgIpc) is 2.37. The molecule has 1 rings (SSSR count). The van der Waals surface area contributed by atoms with Crippen molar-refractivity contribution in [3.63, 3.8) is 0 Å². The van der Waals surface area contributed by atoms with Gasteiger partial charge in [0.25, 0.3) is 0 Å². The van der Waals surface area contributed by atoms with Gasteiger partial charge in [-0.15, -0.1) is 0 Å². The molecule has 0 aliphatic heterocycles. The summed E-state index contributed by atoms with van der Waals surface area (Å²) < 4.78 is 22.3. The van der Waals surface area contributed by atoms with Crippen LogP contribution in [-0.4, -0.2) is 20.4 Å². The van der Waals surface area contributed by atoms with Gasteiger partial charge in [-0.3, -0.25) is 4.79 Å². The van der Waals surface area contributed by atoms with Crippen molar-refractivity contribution in [2.24, 2.45) is 10.9 Å². The SMILES string of the molecule is CCCC(N)CC(=O)NC(C)c1ccc(S(N)(=O)=O)cc1. The molecule has 0 aliphatic carbocycles. The lowest BCUT2D eigenvalue weighted by Crippen LogP contribution is -2.33. The van der Waals surface area contributed by atoms with E-state index in [4.69, 9.17) is 10.9 Å². The number of nitrogens with one attached hydrogen (secondary N) is 1. The summed E-state index contributed by atoms with van der Waals surface area (Å²) in [7, 11) is -3.69. The van der Waals surface area contributed by atoms with E-state index < -0.39 is 10.0 Å². The summed E-state index contributed by atoms with van der Waals surface area (Å²) >= 11 is 0. The van der Waals surface area contributed by atoms with Crippen LogP contribution in [-0.2, 0) is 14.8 Å². The number of nitrogens with two attached hydrogens (primary N) is 2. The fourth-order valence-electron chi connectivity index (χ4n) is 2.04. The largest absolute Gasteiger partial charge is 0.350 e. The van der Waals surface area contributed by atoms with Crippen molar-refractivity contribution >= 4 is 15.9 Å². The Morgan fingerprint density at radius 3 is 2.33 bits per heavy atom. The van der Waals surface area contributed by atoms with Gasteiger partial charge >= 0.3 is 0 Å². The molecular formula is C14H23N3O3S. The standard InChI is InChI=1S/C14H23N3O3S/c1-3-4-12(15)9-14(18)17-10(2)11-5-7-13(8-6-11)21(16,19)20/h5-8,10,12H,3-4,9,15H2,1-2H3,(H,17,18)(H2,16,19,20). The third-order valence-electron chi connectivity index (χ3n) is 3.19. The molecular weight excluding hydrogens is 290 g/mol. The highest BCUT2D eigenvalue weighted by molar-refractivity contribution is 7.89. The number of carbonyl (C=O) groups excluding carboxylic acids is 1. The lowest BCUT2D eigenvalue weighted by molar-refractivity contribution is -0.122. The lowest BCUT2D eigenvalue weighted by atomic mass is 10.1. The fourth-order valence-corrected chi connectivity index (χ4v) is 2.56. The zero-order valence-corrected chi connectivity index (χ0v) is 13.2. The van der Waals surface area contributed by atoms with E-state index in [1.807, 2.05) is 13.8 Å². The van der Waals surface area contributed by atoms with E-state index in [2.05, 4.69) is 5.32 Å². The average molecular weight is 313 g/mol. The van der Waals surface area contributed by atoms with Crippen LogP contribution < -0.4 is 16.2 Å². The van der Waals surface area contributed by atoms with Gasteiger partial charge in [-0.2, -0.15) is 0 Å². The van der Waals surface area contributed by atoms with E-state index in [9.17, 15) is 13.2 Å². The number of carbonyl (C=O) groups is 1. The Kier molecular flexibility index (Phi) is 6.32. The molecule has 0 saturated carbocycles. The first-order chi connectivity index (χ1) is 9.74. The van der Waals surface area contributed by atoms with Crippen LogP contribution in [0.4, 0.5) is 0 Å². The van der Waals surface area contributed by atoms with Crippen LogP contribution >= 0.6 is 0 Å². The molecule has 118 valence electrons. The summed E-state index contributed by atoms with van der Waals surface area (Å²) in [5.41, 5.74) is 6.63. The molecule has 6 nitrogen and oxygen atoms in total. The molecule has 7 heteroatoms. The fraction of sp³-hybridized carbons (Fsp3) is 0.500. The van der Waals surface area contributed by atoms with Gasteiger partial charge in [-0.05, 0) is 31.0 Å². The molecule has 0 radical (unpaired) electrons. The van der Waals surface area contributed by atoms with Crippen LogP contribution in [0.1, 0.15) is 44.7 Å². The van der Waals surface area contributed by atoms with Crippen LogP contribution in [0, 0.1) is 0 Å². The molecule has 0 heterocycles. The molecule has 21 heavy (non-hydrogen) atoms. The van der Waals surface area contributed by atoms with Crippen molar-refractivity contribution in [3.05, 3.63) is 29.8 Å². The quantitative estimate of drug-likeness (QED) is 0.697. The maximum absolute atomic E-state index is 11.8. The summed E-state index contributed by atoms with van der Waals surface area (Å²) in [4.78, 5) is 11.9. The smallest absolute Gasteiger partial charge is 0.238 e. The molecule has 0 aromatic heterocycles. The van der Waals surface area contributed by atoms with Crippen molar-refractivity contribution in [1.29, 1.82) is 0 Å². The number of sulfonamides is 1. The van der Waals surface area contributed by atoms with Gasteiger partial charge in [0.05, 0.1) is 10.9 Å². The Morgan fingerprint density at radius 2 is 1.86 bits per heavy atom. The molecule has 0 spiro atoms. The molecule has 0 aliphatic rings. The van der Waals surface area contributed by atoms with Gasteiger partial charge in [0.15, 0.2) is 0 Å². The predicted molar refractivity (Wildman–Crippen MR) is 81.9 cm³/mol. The molecule has 2 unspecified atom stereocenters. The highest BCUT2D eigenvalue weighted by Gasteiger charge is 2.14. The zero-order chi connectivity index (χ0) is 16.0. The Morgan fingerprint density at radius 1 is 1.29 bits per heavy atom. The summed E-state index contributed by atoms with van der Waals surface area (Å²) in [5.74, 6) is -0.112. The second-order valence-corrected chi connectivity index (χ2v) is 6.72. The summed E-state index contributed by atoms with van der Waals surface area (Å²) in [6.07, 6.45) is 2.04. The van der Waals surface area contributed by atoms with Gasteiger partial charge in [0.1, 0.15) is 0 Å². The van der Waals surface area contributed by atoms with E-state index in [-0.39, 0.29) is 29.3 Å². The maximum Gasteiger partial charge on any atom is 0.238 e. The minimum atomic E-state index is -3.69. The zero-order valence-electron chi connectivity index (χ0n) is 12.4. The molecule has 1 aromatic carbocycles. The number of amides is 1. The molecule has 0 bridgehead atoms. The number of hydrogen-bond donors (Lipinski definition) is 3. The number of primary sulfonamides is 1. The van der Waals surface area contributed by atoms with E-state index in [1.165, 1.54) is 12.1 Å². The third kappa shape index (κ3) is 5.82. The van der Waals surface area contributed by atoms with E-state index in [0.717, 1.165) is 18.4 Å². The van der Waals surface area contributed by atoms with Crippen molar-refractivity contribution < 1.29 is 13.2 Å². The molecule has 0 fully saturated rings. The number of hydrogen-bond acceptors (Lipinski definition) is 4. The summed E-state index contributed by atoms with van der Waals surface area (Å²) in [5, 5.41) is 7.88. The Hall–Kier alpha value is -1.44. The first kappa shape index (κ1) is 17.6. The highest BCUT2D eigenvalue weighted by Crippen LogP contribution is 2.15. The molecule has 1 aromatic rings. The van der Waals surface area contributed by atoms with Crippen molar-refractivity contribution in [2.45, 2.75) is 50.1 Å². The topological polar surface area (TPSA) is 115 Å². The normalized spacial score (nSPS) is 14.5.